The normalized spacial score (nSPS) is 23.0. The van der Waals surface area contributed by atoms with Gasteiger partial charge >= 0.3 is 0 Å². The maximum absolute atomic E-state index is 11.8. The van der Waals surface area contributed by atoms with Crippen LogP contribution in [0.4, 0.5) is 0 Å². The summed E-state index contributed by atoms with van der Waals surface area (Å²) in [5.74, 6) is 2.91. The van der Waals surface area contributed by atoms with Crippen molar-refractivity contribution < 1.29 is 0 Å². The minimum absolute atomic E-state index is 0.0217. The Hall–Kier alpha value is -1.16. The lowest BCUT2D eigenvalue weighted by Gasteiger charge is -2.30. The van der Waals surface area contributed by atoms with Crippen molar-refractivity contribution >= 4 is 0 Å². The van der Waals surface area contributed by atoms with Gasteiger partial charge in [-0.1, -0.05) is 27.7 Å². The second-order valence-electron chi connectivity index (χ2n) is 7.01. The molecular formula is C17H29N3O. The zero-order valence-corrected chi connectivity index (χ0v) is 13.8. The molecular weight excluding hydrogens is 262 g/mol. The van der Waals surface area contributed by atoms with Crippen molar-refractivity contribution in [1.82, 2.24) is 15.3 Å². The molecule has 1 aliphatic carbocycles. The second kappa shape index (κ2) is 7.21. The average Bonchev–Trinajstić information content (AvgIpc) is 2.44. The zero-order valence-electron chi connectivity index (χ0n) is 13.8. The van der Waals surface area contributed by atoms with Crippen molar-refractivity contribution in [3.05, 3.63) is 27.9 Å². The molecule has 21 heavy (non-hydrogen) atoms. The number of H-pyrrole nitrogens is 1. The third-order valence-corrected chi connectivity index (χ3v) is 4.61. The Morgan fingerprint density at radius 2 is 1.90 bits per heavy atom. The molecule has 0 radical (unpaired) electrons. The minimum Gasteiger partial charge on any atom is -0.310 e. The Morgan fingerprint density at radius 1 is 1.24 bits per heavy atom. The van der Waals surface area contributed by atoms with Crippen LogP contribution in [0, 0.1) is 11.8 Å². The molecule has 1 heterocycles. The molecule has 1 saturated carbocycles. The maximum atomic E-state index is 11.8. The van der Waals surface area contributed by atoms with Gasteiger partial charge in [0.1, 0.15) is 5.82 Å². The van der Waals surface area contributed by atoms with Crippen LogP contribution in [0.3, 0.4) is 0 Å². The fraction of sp³-hybridized carbons (Fsp3) is 0.765. The van der Waals surface area contributed by atoms with E-state index in [1.807, 2.05) is 0 Å². The molecule has 4 nitrogen and oxygen atoms in total. The first-order valence-corrected chi connectivity index (χ1v) is 8.29. The van der Waals surface area contributed by atoms with Gasteiger partial charge in [0.15, 0.2) is 0 Å². The molecule has 1 fully saturated rings. The largest absolute Gasteiger partial charge is 0.310 e. The highest BCUT2D eigenvalue weighted by atomic mass is 16.1. The van der Waals surface area contributed by atoms with Gasteiger partial charge in [-0.05, 0) is 37.5 Å². The van der Waals surface area contributed by atoms with Gasteiger partial charge in [-0.25, -0.2) is 4.98 Å². The standard InChI is InChI=1S/C17H29N3O/c1-11(2)13-5-7-14(8-6-13)17-19-15(9-16(21)20-17)10-18-12(3)4/h9,11-14,18H,5-8,10H2,1-4H3,(H,19,20,21). The van der Waals surface area contributed by atoms with Crippen LogP contribution in [0.2, 0.25) is 0 Å². The first kappa shape index (κ1) is 16.2. The van der Waals surface area contributed by atoms with Gasteiger partial charge in [0, 0.05) is 24.6 Å². The minimum atomic E-state index is -0.0217. The van der Waals surface area contributed by atoms with Crippen molar-refractivity contribution in [2.24, 2.45) is 11.8 Å². The van der Waals surface area contributed by atoms with Crippen molar-refractivity contribution in [2.45, 2.75) is 71.9 Å². The van der Waals surface area contributed by atoms with E-state index in [4.69, 9.17) is 0 Å². The summed E-state index contributed by atoms with van der Waals surface area (Å²) in [5.41, 5.74) is 0.833. The van der Waals surface area contributed by atoms with Crippen LogP contribution >= 0.6 is 0 Å². The molecule has 0 aromatic carbocycles. The van der Waals surface area contributed by atoms with Crippen LogP contribution < -0.4 is 10.9 Å². The molecule has 0 unspecified atom stereocenters. The van der Waals surface area contributed by atoms with E-state index in [0.29, 0.717) is 18.5 Å². The molecule has 2 rings (SSSR count). The summed E-state index contributed by atoms with van der Waals surface area (Å²) in [6, 6.07) is 2.01. The second-order valence-corrected chi connectivity index (χ2v) is 7.01. The van der Waals surface area contributed by atoms with Crippen LogP contribution in [0.25, 0.3) is 0 Å². The molecule has 0 atom stereocenters. The number of hydrogen-bond acceptors (Lipinski definition) is 3. The molecule has 118 valence electrons. The van der Waals surface area contributed by atoms with E-state index >= 15 is 0 Å². The van der Waals surface area contributed by atoms with E-state index in [0.717, 1.165) is 36.2 Å². The highest BCUT2D eigenvalue weighted by molar-refractivity contribution is 5.07. The Labute approximate surface area is 127 Å². The molecule has 1 aliphatic rings. The maximum Gasteiger partial charge on any atom is 0.251 e. The zero-order chi connectivity index (χ0) is 15.4. The van der Waals surface area contributed by atoms with E-state index in [2.05, 4.69) is 43.0 Å². The summed E-state index contributed by atoms with van der Waals surface area (Å²) >= 11 is 0. The third kappa shape index (κ3) is 4.67. The highest BCUT2D eigenvalue weighted by Gasteiger charge is 2.25. The molecule has 0 aliphatic heterocycles. The van der Waals surface area contributed by atoms with E-state index in [1.54, 1.807) is 6.07 Å². The van der Waals surface area contributed by atoms with Crippen molar-refractivity contribution in [2.75, 3.05) is 0 Å². The van der Waals surface area contributed by atoms with Gasteiger partial charge < -0.3 is 10.3 Å². The van der Waals surface area contributed by atoms with E-state index in [1.165, 1.54) is 12.8 Å². The van der Waals surface area contributed by atoms with E-state index in [-0.39, 0.29) is 5.56 Å². The lowest BCUT2D eigenvalue weighted by molar-refractivity contribution is 0.254. The number of nitrogens with one attached hydrogen (secondary N) is 2. The predicted octanol–water partition coefficient (Wildman–Crippen LogP) is 3.20. The highest BCUT2D eigenvalue weighted by Crippen LogP contribution is 2.37. The lowest BCUT2D eigenvalue weighted by Crippen LogP contribution is -2.26. The van der Waals surface area contributed by atoms with Gasteiger partial charge in [0.2, 0.25) is 0 Å². The Kier molecular flexibility index (Phi) is 5.57. The fourth-order valence-electron chi connectivity index (χ4n) is 3.18. The Bertz CT molecular complexity index is 499. The van der Waals surface area contributed by atoms with E-state index in [9.17, 15) is 4.79 Å². The van der Waals surface area contributed by atoms with Crippen LogP contribution in [0.1, 0.15) is 70.8 Å². The van der Waals surface area contributed by atoms with Crippen molar-refractivity contribution in [3.63, 3.8) is 0 Å². The molecule has 4 heteroatoms. The summed E-state index contributed by atoms with van der Waals surface area (Å²) < 4.78 is 0. The first-order valence-electron chi connectivity index (χ1n) is 8.29. The van der Waals surface area contributed by atoms with Gasteiger partial charge in [-0.15, -0.1) is 0 Å². The number of nitrogens with zero attached hydrogens (tertiary/aromatic N) is 1. The van der Waals surface area contributed by atoms with Crippen LogP contribution in [-0.2, 0) is 6.54 Å². The van der Waals surface area contributed by atoms with Crippen LogP contribution in [0.15, 0.2) is 10.9 Å². The monoisotopic (exact) mass is 291 g/mol. The quantitative estimate of drug-likeness (QED) is 0.876. The molecule has 1 aromatic heterocycles. The SMILES string of the molecule is CC(C)NCc1cc(=O)[nH]c(C2CCC(C(C)C)CC2)n1. The molecule has 2 N–H and O–H groups in total. The number of rotatable bonds is 5. The lowest BCUT2D eigenvalue weighted by atomic mass is 9.77. The molecule has 0 saturated heterocycles. The first-order chi connectivity index (χ1) is 9.95. The van der Waals surface area contributed by atoms with Crippen molar-refractivity contribution in [1.29, 1.82) is 0 Å². The molecule has 1 aromatic rings. The third-order valence-electron chi connectivity index (χ3n) is 4.61. The van der Waals surface area contributed by atoms with Gasteiger partial charge in [0.05, 0.1) is 5.69 Å². The van der Waals surface area contributed by atoms with E-state index < -0.39 is 0 Å². The number of hydrogen-bond donors (Lipinski definition) is 2. The van der Waals surface area contributed by atoms with Crippen molar-refractivity contribution in [3.8, 4) is 0 Å². The van der Waals surface area contributed by atoms with Gasteiger partial charge in [-0.3, -0.25) is 4.79 Å². The van der Waals surface area contributed by atoms with Crippen LogP contribution in [0.5, 0.6) is 0 Å². The Balaban J connectivity index is 2.05. The van der Waals surface area contributed by atoms with Gasteiger partial charge in [-0.2, -0.15) is 0 Å². The molecule has 0 spiro atoms. The summed E-state index contributed by atoms with van der Waals surface area (Å²) in [5, 5.41) is 3.33. The summed E-state index contributed by atoms with van der Waals surface area (Å²) in [7, 11) is 0. The Morgan fingerprint density at radius 3 is 2.48 bits per heavy atom. The topological polar surface area (TPSA) is 57.8 Å². The predicted molar refractivity (Wildman–Crippen MR) is 86.4 cm³/mol. The number of aromatic amines is 1. The molecule has 0 bridgehead atoms. The van der Waals surface area contributed by atoms with Crippen LogP contribution in [-0.4, -0.2) is 16.0 Å². The summed E-state index contributed by atoms with van der Waals surface area (Å²) in [6.45, 7) is 9.48. The summed E-state index contributed by atoms with van der Waals surface area (Å²) in [6.07, 6.45) is 4.79. The van der Waals surface area contributed by atoms with Gasteiger partial charge in [0.25, 0.3) is 5.56 Å². The number of aromatic nitrogens is 2. The summed E-state index contributed by atoms with van der Waals surface area (Å²) in [4.78, 5) is 19.5. The smallest absolute Gasteiger partial charge is 0.251 e. The average molecular weight is 291 g/mol. The fourth-order valence-corrected chi connectivity index (χ4v) is 3.18. The molecule has 0 amide bonds.